The summed E-state index contributed by atoms with van der Waals surface area (Å²) in [6, 6.07) is 12.7. The van der Waals surface area contributed by atoms with Crippen LogP contribution in [-0.2, 0) is 12.1 Å². The van der Waals surface area contributed by atoms with Crippen LogP contribution in [0.5, 0.6) is 0 Å². The van der Waals surface area contributed by atoms with Gasteiger partial charge in [-0.1, -0.05) is 19.1 Å². The zero-order chi connectivity index (χ0) is 18.3. The maximum absolute atomic E-state index is 13.9. The Morgan fingerprint density at radius 2 is 1.92 bits per heavy atom. The number of benzene rings is 2. The molecule has 2 aromatic carbocycles. The Kier molecular flexibility index (Phi) is 4.00. The van der Waals surface area contributed by atoms with Crippen molar-refractivity contribution in [3.05, 3.63) is 71.6 Å². The van der Waals surface area contributed by atoms with Crippen LogP contribution >= 0.6 is 0 Å². The molecule has 0 saturated heterocycles. The maximum atomic E-state index is 13.9. The average molecular weight is 354 g/mol. The van der Waals surface area contributed by atoms with Gasteiger partial charge >= 0.3 is 0 Å². The van der Waals surface area contributed by atoms with E-state index in [4.69, 9.17) is 10.7 Å². The summed E-state index contributed by atoms with van der Waals surface area (Å²) in [5.41, 5.74) is 8.22. The Morgan fingerprint density at radius 3 is 2.62 bits per heavy atom. The lowest BCUT2D eigenvalue weighted by Gasteiger charge is -2.40. The van der Waals surface area contributed by atoms with Crippen LogP contribution < -0.4 is 11.1 Å². The van der Waals surface area contributed by atoms with Gasteiger partial charge in [0.15, 0.2) is 0 Å². The van der Waals surface area contributed by atoms with Crippen molar-refractivity contribution in [2.75, 3.05) is 12.3 Å². The minimum atomic E-state index is -0.523. The fourth-order valence-corrected chi connectivity index (χ4v) is 3.85. The first kappa shape index (κ1) is 16.7. The monoisotopic (exact) mass is 354 g/mol. The number of aromatic nitrogens is 2. The summed E-state index contributed by atoms with van der Waals surface area (Å²) in [6.45, 7) is 3.25. The van der Waals surface area contributed by atoms with E-state index in [2.05, 4.69) is 12.2 Å². The smallest absolute Gasteiger partial charge is 0.132 e. The topological polar surface area (TPSA) is 55.9 Å². The summed E-state index contributed by atoms with van der Waals surface area (Å²) >= 11 is 0. The van der Waals surface area contributed by atoms with E-state index in [0.29, 0.717) is 24.6 Å². The van der Waals surface area contributed by atoms with E-state index in [1.165, 1.54) is 18.2 Å². The highest BCUT2D eigenvalue weighted by Gasteiger charge is 2.39. The lowest BCUT2D eigenvalue weighted by molar-refractivity contribution is 0.280. The molecule has 0 bridgehead atoms. The van der Waals surface area contributed by atoms with Gasteiger partial charge in [-0.2, -0.15) is 0 Å². The Morgan fingerprint density at radius 1 is 1.15 bits per heavy atom. The van der Waals surface area contributed by atoms with Crippen LogP contribution in [0.25, 0.3) is 11.3 Å². The first-order valence-corrected chi connectivity index (χ1v) is 8.65. The van der Waals surface area contributed by atoms with Crippen molar-refractivity contribution in [2.24, 2.45) is 0 Å². The highest BCUT2D eigenvalue weighted by molar-refractivity contribution is 5.71. The minimum Gasteiger partial charge on any atom is -0.383 e. The molecule has 0 fully saturated rings. The highest BCUT2D eigenvalue weighted by Crippen LogP contribution is 2.39. The molecule has 1 aliphatic rings. The predicted molar refractivity (Wildman–Crippen MR) is 97.5 cm³/mol. The van der Waals surface area contributed by atoms with Gasteiger partial charge in [0.2, 0.25) is 0 Å². The van der Waals surface area contributed by atoms with E-state index in [0.717, 1.165) is 23.4 Å². The van der Waals surface area contributed by atoms with Crippen molar-refractivity contribution >= 4 is 5.82 Å². The van der Waals surface area contributed by atoms with Crippen LogP contribution in [0.1, 0.15) is 24.7 Å². The zero-order valence-electron chi connectivity index (χ0n) is 14.5. The molecule has 3 aromatic rings. The fraction of sp³-hybridized carbons (Fsp3) is 0.250. The Hall–Kier alpha value is -2.73. The van der Waals surface area contributed by atoms with Crippen LogP contribution in [0.2, 0.25) is 0 Å². The second-order valence-corrected chi connectivity index (χ2v) is 6.60. The van der Waals surface area contributed by atoms with Crippen LogP contribution in [0.15, 0.2) is 48.5 Å². The number of imidazole rings is 1. The number of rotatable bonds is 3. The molecule has 1 unspecified atom stereocenters. The van der Waals surface area contributed by atoms with Crippen molar-refractivity contribution in [1.29, 1.82) is 0 Å². The molecular formula is C20H20F2N4. The summed E-state index contributed by atoms with van der Waals surface area (Å²) in [5.74, 6) is 0.721. The summed E-state index contributed by atoms with van der Waals surface area (Å²) in [4.78, 5) is 4.70. The number of nitrogens with one attached hydrogen (secondary N) is 1. The number of hydrogen-bond acceptors (Lipinski definition) is 3. The third-order valence-electron chi connectivity index (χ3n) is 5.18. The molecule has 6 heteroatoms. The van der Waals surface area contributed by atoms with Crippen molar-refractivity contribution in [3.8, 4) is 11.3 Å². The molecule has 0 radical (unpaired) electrons. The Labute approximate surface area is 150 Å². The predicted octanol–water partition coefficient (Wildman–Crippen LogP) is 3.67. The second-order valence-electron chi connectivity index (χ2n) is 6.60. The van der Waals surface area contributed by atoms with Crippen molar-refractivity contribution in [1.82, 2.24) is 14.9 Å². The van der Waals surface area contributed by atoms with Gasteiger partial charge in [0, 0.05) is 12.1 Å². The lowest BCUT2D eigenvalue weighted by Crippen LogP contribution is -2.49. The molecule has 26 heavy (non-hydrogen) atoms. The van der Waals surface area contributed by atoms with Crippen LogP contribution in [0.3, 0.4) is 0 Å². The zero-order valence-corrected chi connectivity index (χ0v) is 14.5. The number of halogens is 2. The number of nitrogen functional groups attached to an aromatic ring is 1. The molecule has 4 nitrogen and oxygen atoms in total. The van der Waals surface area contributed by atoms with Gasteiger partial charge in [0.25, 0.3) is 0 Å². The SMILES string of the molecule is CCC1(c2cccc(F)c2)CNCc2nc(-c3ccc(F)cc3)c(N)n21. The molecule has 134 valence electrons. The van der Waals surface area contributed by atoms with Crippen molar-refractivity contribution in [2.45, 2.75) is 25.4 Å². The third kappa shape index (κ3) is 2.49. The fourth-order valence-electron chi connectivity index (χ4n) is 3.85. The number of anilines is 1. The summed E-state index contributed by atoms with van der Waals surface area (Å²) < 4.78 is 29.2. The van der Waals surface area contributed by atoms with E-state index in [-0.39, 0.29) is 11.6 Å². The molecule has 1 aliphatic heterocycles. The quantitative estimate of drug-likeness (QED) is 0.755. The van der Waals surface area contributed by atoms with E-state index in [9.17, 15) is 8.78 Å². The normalized spacial score (nSPS) is 19.3. The van der Waals surface area contributed by atoms with Gasteiger partial charge in [0.1, 0.15) is 29.0 Å². The Balaban J connectivity index is 1.92. The van der Waals surface area contributed by atoms with Gasteiger partial charge in [-0.3, -0.25) is 0 Å². The number of hydrogen-bond donors (Lipinski definition) is 2. The maximum Gasteiger partial charge on any atom is 0.132 e. The average Bonchev–Trinajstić information content (AvgIpc) is 2.99. The molecule has 1 atom stereocenters. The molecule has 0 spiro atoms. The van der Waals surface area contributed by atoms with E-state index in [1.54, 1.807) is 24.3 Å². The largest absolute Gasteiger partial charge is 0.383 e. The number of nitrogens with zero attached hydrogens (tertiary/aromatic N) is 2. The summed E-state index contributed by atoms with van der Waals surface area (Å²) in [5, 5.41) is 3.38. The standard InChI is InChI=1S/C20H20F2N4/c1-2-20(14-4-3-5-16(22)10-14)12-24-11-17-25-18(19(23)26(17)20)13-6-8-15(21)9-7-13/h3-10,24H,2,11-12,23H2,1H3. The third-order valence-corrected chi connectivity index (χ3v) is 5.18. The minimum absolute atomic E-state index is 0.278. The van der Waals surface area contributed by atoms with E-state index >= 15 is 0 Å². The van der Waals surface area contributed by atoms with Crippen LogP contribution in [0, 0.1) is 11.6 Å². The molecule has 0 amide bonds. The van der Waals surface area contributed by atoms with Crippen LogP contribution in [-0.4, -0.2) is 16.1 Å². The van der Waals surface area contributed by atoms with Gasteiger partial charge in [-0.25, -0.2) is 13.8 Å². The number of nitrogens with two attached hydrogens (primary N) is 1. The summed E-state index contributed by atoms with van der Waals surface area (Å²) in [7, 11) is 0. The van der Waals surface area contributed by atoms with E-state index < -0.39 is 5.54 Å². The van der Waals surface area contributed by atoms with Gasteiger partial charge in [-0.15, -0.1) is 0 Å². The van der Waals surface area contributed by atoms with Gasteiger partial charge in [-0.05, 0) is 48.4 Å². The molecule has 2 heterocycles. The molecular weight excluding hydrogens is 334 g/mol. The summed E-state index contributed by atoms with van der Waals surface area (Å²) in [6.07, 6.45) is 0.722. The molecule has 0 aliphatic carbocycles. The second kappa shape index (κ2) is 6.21. The molecule has 4 rings (SSSR count). The molecule has 1 aromatic heterocycles. The van der Waals surface area contributed by atoms with Crippen molar-refractivity contribution in [3.63, 3.8) is 0 Å². The molecule has 0 saturated carbocycles. The van der Waals surface area contributed by atoms with Gasteiger partial charge < -0.3 is 15.6 Å². The first-order valence-electron chi connectivity index (χ1n) is 8.65. The van der Waals surface area contributed by atoms with E-state index in [1.807, 2.05) is 10.6 Å². The van der Waals surface area contributed by atoms with Crippen LogP contribution in [0.4, 0.5) is 14.6 Å². The lowest BCUT2D eigenvalue weighted by atomic mass is 9.85. The molecule has 3 N–H and O–H groups in total. The first-order chi connectivity index (χ1) is 12.5. The Bertz CT molecular complexity index is 949. The number of fused-ring (bicyclic) bond motifs is 1. The van der Waals surface area contributed by atoms with Gasteiger partial charge in [0.05, 0.1) is 12.1 Å². The highest BCUT2D eigenvalue weighted by atomic mass is 19.1. The van der Waals surface area contributed by atoms with Crippen molar-refractivity contribution < 1.29 is 8.78 Å².